The third-order valence-corrected chi connectivity index (χ3v) is 5.71. The molecule has 5 nitrogen and oxygen atoms in total. The van der Waals surface area contributed by atoms with Crippen molar-refractivity contribution in [3.05, 3.63) is 57.9 Å². The second-order valence-corrected chi connectivity index (χ2v) is 7.48. The van der Waals surface area contributed by atoms with E-state index in [1.807, 2.05) is 30.4 Å². The van der Waals surface area contributed by atoms with E-state index in [1.54, 1.807) is 11.3 Å². The van der Waals surface area contributed by atoms with Gasteiger partial charge in [0.15, 0.2) is 4.96 Å². The fourth-order valence-electron chi connectivity index (χ4n) is 3.52. The van der Waals surface area contributed by atoms with Gasteiger partial charge >= 0.3 is 0 Å². The van der Waals surface area contributed by atoms with Gasteiger partial charge in [0.1, 0.15) is 0 Å². The minimum absolute atomic E-state index is 0.150. The first-order chi connectivity index (χ1) is 12.1. The molecule has 1 aliphatic rings. The largest absolute Gasteiger partial charge is 0.340 e. The van der Waals surface area contributed by atoms with Gasteiger partial charge in [-0.25, -0.2) is 4.98 Å². The fraction of sp³-hybridized carbons (Fsp3) is 0.368. The lowest BCUT2D eigenvalue weighted by Gasteiger charge is -2.22. The molecule has 0 aliphatic carbocycles. The summed E-state index contributed by atoms with van der Waals surface area (Å²) in [6.07, 6.45) is 3.48. The van der Waals surface area contributed by atoms with Crippen LogP contribution in [0.25, 0.3) is 4.96 Å². The zero-order chi connectivity index (χ0) is 17.4. The van der Waals surface area contributed by atoms with E-state index in [9.17, 15) is 4.79 Å². The van der Waals surface area contributed by atoms with Gasteiger partial charge in [0.05, 0.1) is 24.4 Å². The van der Waals surface area contributed by atoms with Gasteiger partial charge in [0.25, 0.3) is 0 Å². The van der Waals surface area contributed by atoms with E-state index in [0.717, 1.165) is 35.9 Å². The number of nitrogens with zero attached hydrogens (tertiary/aromatic N) is 3. The van der Waals surface area contributed by atoms with E-state index in [0.29, 0.717) is 13.0 Å². The predicted molar refractivity (Wildman–Crippen MR) is 99.8 cm³/mol. The fourth-order valence-corrected chi connectivity index (χ4v) is 4.30. The minimum atomic E-state index is 0.150. The standard InChI is InChI=1S/C19H22N4OS/c1-13-17(23-8-9-25-19(23)21-13)12-22(2)18(24)10-14-4-3-5-15-11-20-7-6-16(14)15/h3-5,8-9,20H,6-7,10-12H2,1-2H3. The van der Waals surface area contributed by atoms with Gasteiger partial charge in [-0.3, -0.25) is 9.20 Å². The smallest absolute Gasteiger partial charge is 0.227 e. The lowest BCUT2D eigenvalue weighted by atomic mass is 9.93. The average molecular weight is 354 g/mol. The molecule has 0 saturated carbocycles. The zero-order valence-corrected chi connectivity index (χ0v) is 15.4. The predicted octanol–water partition coefficient (Wildman–Crippen LogP) is 2.55. The van der Waals surface area contributed by atoms with E-state index in [2.05, 4.69) is 32.9 Å². The summed E-state index contributed by atoms with van der Waals surface area (Å²) in [5, 5.41) is 5.42. The minimum Gasteiger partial charge on any atom is -0.340 e. The number of likely N-dealkylation sites (N-methyl/N-ethyl adjacent to an activating group) is 1. The molecule has 0 radical (unpaired) electrons. The van der Waals surface area contributed by atoms with Crippen LogP contribution in [0.3, 0.4) is 0 Å². The van der Waals surface area contributed by atoms with E-state index < -0.39 is 0 Å². The van der Waals surface area contributed by atoms with Crippen LogP contribution in [0.1, 0.15) is 28.1 Å². The summed E-state index contributed by atoms with van der Waals surface area (Å²) < 4.78 is 2.08. The lowest BCUT2D eigenvalue weighted by Crippen LogP contribution is -2.30. The van der Waals surface area contributed by atoms with Gasteiger partial charge in [-0.2, -0.15) is 0 Å². The Kier molecular flexibility index (Phi) is 4.31. The Balaban J connectivity index is 1.51. The highest BCUT2D eigenvalue weighted by Crippen LogP contribution is 2.21. The molecule has 130 valence electrons. The molecular weight excluding hydrogens is 332 g/mol. The van der Waals surface area contributed by atoms with Crippen molar-refractivity contribution in [1.82, 2.24) is 19.6 Å². The Morgan fingerprint density at radius 3 is 3.20 bits per heavy atom. The quantitative estimate of drug-likeness (QED) is 0.783. The van der Waals surface area contributed by atoms with Crippen LogP contribution < -0.4 is 5.32 Å². The Hall–Kier alpha value is -2.18. The summed E-state index contributed by atoms with van der Waals surface area (Å²) in [7, 11) is 1.88. The summed E-state index contributed by atoms with van der Waals surface area (Å²) in [4.78, 5) is 20.2. The number of thiazole rings is 1. The molecule has 1 aliphatic heterocycles. The van der Waals surface area contributed by atoms with Crippen LogP contribution in [0.4, 0.5) is 0 Å². The van der Waals surface area contributed by atoms with E-state index in [4.69, 9.17) is 0 Å². The summed E-state index contributed by atoms with van der Waals surface area (Å²) in [6.45, 7) is 4.48. The molecule has 3 heterocycles. The maximum absolute atomic E-state index is 12.8. The number of rotatable bonds is 4. The lowest BCUT2D eigenvalue weighted by molar-refractivity contribution is -0.129. The van der Waals surface area contributed by atoms with Gasteiger partial charge in [0, 0.05) is 25.2 Å². The van der Waals surface area contributed by atoms with Crippen molar-refractivity contribution in [2.45, 2.75) is 32.9 Å². The van der Waals surface area contributed by atoms with E-state index in [-0.39, 0.29) is 5.91 Å². The summed E-state index contributed by atoms with van der Waals surface area (Å²) in [5.74, 6) is 0.150. The number of fused-ring (bicyclic) bond motifs is 2. The first-order valence-electron chi connectivity index (χ1n) is 8.59. The molecule has 0 unspecified atom stereocenters. The number of amides is 1. The number of nitrogens with one attached hydrogen (secondary N) is 1. The number of benzene rings is 1. The molecule has 25 heavy (non-hydrogen) atoms. The van der Waals surface area contributed by atoms with Crippen molar-refractivity contribution in [3.63, 3.8) is 0 Å². The molecule has 1 amide bonds. The molecule has 0 atom stereocenters. The van der Waals surface area contributed by atoms with Crippen molar-refractivity contribution >= 4 is 22.2 Å². The van der Waals surface area contributed by atoms with E-state index in [1.165, 1.54) is 16.7 Å². The zero-order valence-electron chi connectivity index (χ0n) is 14.6. The summed E-state index contributed by atoms with van der Waals surface area (Å²) >= 11 is 1.62. The average Bonchev–Trinajstić information content (AvgIpc) is 3.17. The topological polar surface area (TPSA) is 49.6 Å². The first kappa shape index (κ1) is 16.3. The number of carbonyl (C=O) groups excluding carboxylic acids is 1. The Bertz CT molecular complexity index is 927. The third kappa shape index (κ3) is 3.07. The third-order valence-electron chi connectivity index (χ3n) is 4.95. The van der Waals surface area contributed by atoms with Crippen LogP contribution in [0.5, 0.6) is 0 Å². The molecule has 6 heteroatoms. The van der Waals surface area contributed by atoms with Crippen LogP contribution in [0.15, 0.2) is 29.8 Å². The number of aromatic nitrogens is 2. The van der Waals surface area contributed by atoms with Crippen LogP contribution in [-0.4, -0.2) is 33.8 Å². The van der Waals surface area contributed by atoms with Crippen LogP contribution in [-0.2, 0) is 30.7 Å². The van der Waals surface area contributed by atoms with Gasteiger partial charge in [-0.1, -0.05) is 18.2 Å². The number of aryl methyl sites for hydroxylation is 1. The molecular formula is C19H22N4OS. The van der Waals surface area contributed by atoms with Crippen molar-refractivity contribution < 1.29 is 4.79 Å². The highest BCUT2D eigenvalue weighted by Gasteiger charge is 2.19. The van der Waals surface area contributed by atoms with Crippen LogP contribution in [0, 0.1) is 6.92 Å². The maximum Gasteiger partial charge on any atom is 0.227 e. The van der Waals surface area contributed by atoms with E-state index >= 15 is 0 Å². The molecule has 0 spiro atoms. The van der Waals surface area contributed by atoms with Crippen molar-refractivity contribution in [3.8, 4) is 0 Å². The summed E-state index contributed by atoms with van der Waals surface area (Å²) in [5.41, 5.74) is 5.93. The van der Waals surface area contributed by atoms with Gasteiger partial charge < -0.3 is 10.2 Å². The number of imidazole rings is 1. The molecule has 2 aromatic heterocycles. The second kappa shape index (κ2) is 6.61. The van der Waals surface area contributed by atoms with Crippen LogP contribution in [0.2, 0.25) is 0 Å². The highest BCUT2D eigenvalue weighted by molar-refractivity contribution is 7.15. The number of hydrogen-bond donors (Lipinski definition) is 1. The van der Waals surface area contributed by atoms with Crippen molar-refractivity contribution in [2.24, 2.45) is 0 Å². The Morgan fingerprint density at radius 2 is 2.32 bits per heavy atom. The number of carbonyl (C=O) groups is 1. The van der Waals surface area contributed by atoms with Gasteiger partial charge in [-0.05, 0) is 36.6 Å². The van der Waals surface area contributed by atoms with Gasteiger partial charge in [-0.15, -0.1) is 11.3 Å². The highest BCUT2D eigenvalue weighted by atomic mass is 32.1. The molecule has 1 N–H and O–H groups in total. The molecule has 0 bridgehead atoms. The van der Waals surface area contributed by atoms with Crippen molar-refractivity contribution in [2.75, 3.05) is 13.6 Å². The maximum atomic E-state index is 12.8. The monoisotopic (exact) mass is 354 g/mol. The molecule has 3 aromatic rings. The number of hydrogen-bond acceptors (Lipinski definition) is 4. The SMILES string of the molecule is Cc1nc2sccn2c1CN(C)C(=O)Cc1cccc2c1CCNC2. The molecule has 4 rings (SSSR count). The Labute approximate surface area is 151 Å². The molecule has 0 fully saturated rings. The molecule has 1 aromatic carbocycles. The first-order valence-corrected chi connectivity index (χ1v) is 9.47. The normalized spacial score (nSPS) is 13.8. The Morgan fingerprint density at radius 1 is 1.44 bits per heavy atom. The summed E-state index contributed by atoms with van der Waals surface area (Å²) in [6, 6.07) is 6.31. The van der Waals surface area contributed by atoms with Gasteiger partial charge in [0.2, 0.25) is 5.91 Å². The second-order valence-electron chi connectivity index (χ2n) is 6.61. The molecule has 0 saturated heterocycles. The van der Waals surface area contributed by atoms with Crippen LogP contribution >= 0.6 is 11.3 Å². The van der Waals surface area contributed by atoms with Crippen molar-refractivity contribution in [1.29, 1.82) is 0 Å².